The van der Waals surface area contributed by atoms with Crippen molar-refractivity contribution in [1.82, 2.24) is 30.9 Å². The van der Waals surface area contributed by atoms with E-state index in [0.717, 1.165) is 16.5 Å². The molecule has 2 heterocycles. The normalized spacial score (nSPS) is 14.4. The van der Waals surface area contributed by atoms with E-state index in [0.29, 0.717) is 5.69 Å². The van der Waals surface area contributed by atoms with Crippen LogP contribution in [0.1, 0.15) is 11.3 Å². The van der Waals surface area contributed by atoms with Crippen LogP contribution in [-0.4, -0.2) is 79.4 Å². The van der Waals surface area contributed by atoms with Crippen molar-refractivity contribution in [3.63, 3.8) is 0 Å². The summed E-state index contributed by atoms with van der Waals surface area (Å²) in [7, 11) is 0. The molecule has 3 aromatic rings. The first-order chi connectivity index (χ1) is 17.7. The van der Waals surface area contributed by atoms with Crippen molar-refractivity contribution in [3.05, 3.63) is 54.2 Å². The lowest BCUT2D eigenvalue weighted by molar-refractivity contribution is -0.141. The minimum Gasteiger partial charge on any atom is -0.480 e. The number of carbonyl (C=O) groups is 4. The lowest BCUT2D eigenvalue weighted by Gasteiger charge is -2.24. The first kappa shape index (κ1) is 28.1. The molecule has 198 valence electrons. The molecule has 0 spiro atoms. The molecular formula is C23H29N7O5S2. The average Bonchev–Trinajstić information content (AvgIpc) is 3.54. The number of amides is 3. The van der Waals surface area contributed by atoms with E-state index in [1.807, 2.05) is 24.3 Å². The fourth-order valence-corrected chi connectivity index (χ4v) is 4.16. The van der Waals surface area contributed by atoms with Crippen LogP contribution in [0.3, 0.4) is 0 Å². The number of hydrogen-bond donors (Lipinski definition) is 9. The van der Waals surface area contributed by atoms with Gasteiger partial charge in [0.25, 0.3) is 0 Å². The quantitative estimate of drug-likeness (QED) is 0.127. The van der Waals surface area contributed by atoms with Crippen molar-refractivity contribution in [2.24, 2.45) is 5.73 Å². The van der Waals surface area contributed by atoms with E-state index >= 15 is 0 Å². The van der Waals surface area contributed by atoms with Crippen molar-refractivity contribution in [2.75, 3.05) is 11.5 Å². The Labute approximate surface area is 223 Å². The topological polar surface area (TPSA) is 195 Å². The average molecular weight is 548 g/mol. The third-order valence-electron chi connectivity index (χ3n) is 5.68. The lowest BCUT2D eigenvalue weighted by atomic mass is 10.0. The van der Waals surface area contributed by atoms with Crippen LogP contribution < -0.4 is 21.7 Å². The molecule has 14 heteroatoms. The number of aromatic amines is 2. The Morgan fingerprint density at radius 2 is 1.57 bits per heavy atom. The highest BCUT2D eigenvalue weighted by atomic mass is 32.1. The number of nitrogens with zero attached hydrogens (tertiary/aromatic N) is 1. The van der Waals surface area contributed by atoms with Crippen molar-refractivity contribution >= 4 is 59.9 Å². The predicted octanol–water partition coefficient (Wildman–Crippen LogP) is -0.598. The van der Waals surface area contributed by atoms with Gasteiger partial charge in [-0.2, -0.15) is 25.3 Å². The first-order valence-electron chi connectivity index (χ1n) is 11.4. The smallest absolute Gasteiger partial charge is 0.327 e. The maximum atomic E-state index is 13.3. The minimum absolute atomic E-state index is 0.105. The molecule has 0 saturated carbocycles. The monoisotopic (exact) mass is 547 g/mol. The second-order valence-electron chi connectivity index (χ2n) is 8.34. The van der Waals surface area contributed by atoms with Gasteiger partial charge in [-0.3, -0.25) is 14.4 Å². The van der Waals surface area contributed by atoms with Crippen LogP contribution in [0.5, 0.6) is 0 Å². The molecule has 4 atom stereocenters. The SMILES string of the molecule is NC(Cc1cnc[nH]1)C(=O)NC(Cc1c[nH]c2ccccc12)C(=O)NC(CS)C(=O)NC(CS)C(=O)O. The van der Waals surface area contributed by atoms with Gasteiger partial charge in [0.2, 0.25) is 17.7 Å². The maximum Gasteiger partial charge on any atom is 0.327 e. The second kappa shape index (κ2) is 13.2. The van der Waals surface area contributed by atoms with E-state index in [1.54, 1.807) is 12.4 Å². The number of rotatable bonds is 13. The molecule has 2 aromatic heterocycles. The van der Waals surface area contributed by atoms with Crippen LogP contribution in [0, 0.1) is 0 Å². The Kier molecular flexibility index (Phi) is 10.00. The first-order valence-corrected chi connectivity index (χ1v) is 12.6. The highest BCUT2D eigenvalue weighted by Crippen LogP contribution is 2.19. The lowest BCUT2D eigenvalue weighted by Crippen LogP contribution is -2.58. The molecular weight excluding hydrogens is 518 g/mol. The zero-order valence-electron chi connectivity index (χ0n) is 19.7. The summed E-state index contributed by atoms with van der Waals surface area (Å²) in [5, 5.41) is 17.6. The molecule has 8 N–H and O–H groups in total. The number of aromatic nitrogens is 3. The molecule has 0 aliphatic heterocycles. The number of aliphatic carboxylic acids is 1. The van der Waals surface area contributed by atoms with Gasteiger partial charge in [0.05, 0.1) is 12.4 Å². The van der Waals surface area contributed by atoms with E-state index < -0.39 is 47.9 Å². The van der Waals surface area contributed by atoms with E-state index in [1.165, 1.54) is 6.33 Å². The number of H-pyrrole nitrogens is 2. The molecule has 3 amide bonds. The molecule has 0 saturated heterocycles. The van der Waals surface area contributed by atoms with Gasteiger partial charge in [0.15, 0.2) is 0 Å². The molecule has 12 nitrogen and oxygen atoms in total. The third-order valence-corrected chi connectivity index (χ3v) is 6.41. The van der Waals surface area contributed by atoms with Crippen molar-refractivity contribution in [3.8, 4) is 0 Å². The summed E-state index contributed by atoms with van der Waals surface area (Å²) in [6.45, 7) is 0. The molecule has 4 unspecified atom stereocenters. The molecule has 37 heavy (non-hydrogen) atoms. The zero-order chi connectivity index (χ0) is 26.9. The molecule has 0 fully saturated rings. The summed E-state index contributed by atoms with van der Waals surface area (Å²) in [6, 6.07) is 3.05. The summed E-state index contributed by atoms with van der Waals surface area (Å²) < 4.78 is 0. The summed E-state index contributed by atoms with van der Waals surface area (Å²) in [5.41, 5.74) is 8.34. The van der Waals surface area contributed by atoms with E-state index in [9.17, 15) is 24.3 Å². The Hall–Kier alpha value is -3.49. The summed E-state index contributed by atoms with van der Waals surface area (Å²) in [6.07, 6.45) is 5.05. The minimum atomic E-state index is -1.26. The fourth-order valence-electron chi connectivity index (χ4n) is 3.66. The van der Waals surface area contributed by atoms with Gasteiger partial charge in [-0.1, -0.05) is 18.2 Å². The highest BCUT2D eigenvalue weighted by Gasteiger charge is 2.30. The number of carboxylic acids is 1. The van der Waals surface area contributed by atoms with Gasteiger partial charge in [0.1, 0.15) is 18.1 Å². The van der Waals surface area contributed by atoms with Gasteiger partial charge >= 0.3 is 5.97 Å². The Bertz CT molecular complexity index is 1230. The maximum absolute atomic E-state index is 13.3. The second-order valence-corrected chi connectivity index (χ2v) is 9.07. The van der Waals surface area contributed by atoms with Gasteiger partial charge in [0, 0.05) is 53.3 Å². The number of nitrogens with one attached hydrogen (secondary N) is 5. The van der Waals surface area contributed by atoms with Crippen LogP contribution in [0.2, 0.25) is 0 Å². The fraction of sp³-hybridized carbons (Fsp3) is 0.348. The predicted molar refractivity (Wildman–Crippen MR) is 143 cm³/mol. The zero-order valence-corrected chi connectivity index (χ0v) is 21.5. The molecule has 1 aromatic carbocycles. The number of thiol groups is 2. The number of benzene rings is 1. The molecule has 0 aliphatic carbocycles. The molecule has 0 aliphatic rings. The van der Waals surface area contributed by atoms with Crippen LogP contribution in [0.4, 0.5) is 0 Å². The number of hydrogen-bond acceptors (Lipinski definition) is 8. The van der Waals surface area contributed by atoms with Crippen LogP contribution in [0.25, 0.3) is 10.9 Å². The summed E-state index contributed by atoms with van der Waals surface area (Å²) in [5.74, 6) is -3.46. The summed E-state index contributed by atoms with van der Waals surface area (Å²) >= 11 is 8.05. The van der Waals surface area contributed by atoms with Crippen molar-refractivity contribution < 1.29 is 24.3 Å². The van der Waals surface area contributed by atoms with Crippen LogP contribution in [0.15, 0.2) is 43.0 Å². The number of nitrogens with two attached hydrogens (primary N) is 1. The number of imidazole rings is 1. The van der Waals surface area contributed by atoms with Crippen molar-refractivity contribution in [1.29, 1.82) is 0 Å². The van der Waals surface area contributed by atoms with E-state index in [-0.39, 0.29) is 24.3 Å². The van der Waals surface area contributed by atoms with Crippen molar-refractivity contribution in [2.45, 2.75) is 37.0 Å². The van der Waals surface area contributed by atoms with E-state index in [4.69, 9.17) is 5.73 Å². The van der Waals surface area contributed by atoms with Gasteiger partial charge in [-0.25, -0.2) is 9.78 Å². The number of carboxylic acid groups (broad SMARTS) is 1. The number of carbonyl (C=O) groups excluding carboxylic acids is 3. The Morgan fingerprint density at radius 1 is 0.919 bits per heavy atom. The van der Waals surface area contributed by atoms with Gasteiger partial charge in [-0.15, -0.1) is 0 Å². The largest absolute Gasteiger partial charge is 0.480 e. The number of para-hydroxylation sites is 1. The number of fused-ring (bicyclic) bond motifs is 1. The van der Waals surface area contributed by atoms with Crippen LogP contribution in [-0.2, 0) is 32.0 Å². The molecule has 0 radical (unpaired) electrons. The standard InChI is InChI=1S/C23H29N7O5S2/c24-15(6-13-8-25-11-27-13)20(31)28-17(5-12-7-26-16-4-2-1-3-14(12)16)21(32)29-18(9-36)22(33)30-19(10-37)23(34)35/h1-4,7-8,11,15,17-19,26,36-37H,5-6,9-10,24H2,(H,25,27)(H,28,31)(H,29,32)(H,30,33)(H,34,35). The van der Waals surface area contributed by atoms with Gasteiger partial charge in [-0.05, 0) is 11.6 Å². The summed E-state index contributed by atoms with van der Waals surface area (Å²) in [4.78, 5) is 60.0. The Morgan fingerprint density at radius 3 is 2.22 bits per heavy atom. The highest BCUT2D eigenvalue weighted by molar-refractivity contribution is 7.80. The van der Waals surface area contributed by atoms with Crippen LogP contribution >= 0.6 is 25.3 Å². The Balaban J connectivity index is 1.77. The molecule has 0 bridgehead atoms. The van der Waals surface area contributed by atoms with E-state index in [2.05, 4.69) is 56.2 Å². The molecule has 3 rings (SSSR count). The third kappa shape index (κ3) is 7.50. The van der Waals surface area contributed by atoms with Gasteiger partial charge < -0.3 is 36.8 Å².